The standard InChI is InChI=1S/C20H22N4O4/c1-14-17(10-5-11-18(14)24(27)28)22-19(25)15-7-6-12-23(13-15)20(26)21-16-8-3-2-4-9-16/h2-5,8-11,15H,6-7,12-13H2,1H3,(H,21,26)(H,22,25)/t15-/m0/s1. The molecule has 28 heavy (non-hydrogen) atoms. The maximum Gasteiger partial charge on any atom is 0.321 e. The lowest BCUT2D eigenvalue weighted by molar-refractivity contribution is -0.385. The van der Waals surface area contributed by atoms with Crippen molar-refractivity contribution in [1.82, 2.24) is 4.90 Å². The number of anilines is 2. The number of para-hydroxylation sites is 1. The van der Waals surface area contributed by atoms with E-state index in [1.54, 1.807) is 36.1 Å². The fraction of sp³-hybridized carbons (Fsp3) is 0.300. The van der Waals surface area contributed by atoms with E-state index < -0.39 is 4.92 Å². The van der Waals surface area contributed by atoms with Crippen LogP contribution < -0.4 is 10.6 Å². The third-order valence-corrected chi connectivity index (χ3v) is 4.86. The molecule has 0 unspecified atom stereocenters. The van der Waals surface area contributed by atoms with Crippen molar-refractivity contribution in [3.63, 3.8) is 0 Å². The number of nitrogens with one attached hydrogen (secondary N) is 2. The van der Waals surface area contributed by atoms with E-state index in [9.17, 15) is 19.7 Å². The first-order chi connectivity index (χ1) is 13.5. The number of benzene rings is 2. The van der Waals surface area contributed by atoms with Crippen molar-refractivity contribution < 1.29 is 14.5 Å². The molecule has 0 bridgehead atoms. The number of urea groups is 1. The van der Waals surface area contributed by atoms with E-state index in [0.29, 0.717) is 42.9 Å². The Morgan fingerprint density at radius 1 is 1.11 bits per heavy atom. The van der Waals surface area contributed by atoms with Crippen LogP contribution in [0, 0.1) is 23.0 Å². The van der Waals surface area contributed by atoms with Crippen LogP contribution in [0.4, 0.5) is 21.9 Å². The third kappa shape index (κ3) is 4.46. The van der Waals surface area contributed by atoms with E-state index >= 15 is 0 Å². The molecule has 1 saturated heterocycles. The summed E-state index contributed by atoms with van der Waals surface area (Å²) >= 11 is 0. The zero-order valence-electron chi connectivity index (χ0n) is 15.6. The monoisotopic (exact) mass is 382 g/mol. The van der Waals surface area contributed by atoms with E-state index in [2.05, 4.69) is 10.6 Å². The predicted octanol–water partition coefficient (Wildman–Crippen LogP) is 3.79. The highest BCUT2D eigenvalue weighted by Crippen LogP contribution is 2.26. The maximum atomic E-state index is 12.7. The summed E-state index contributed by atoms with van der Waals surface area (Å²) in [6, 6.07) is 13.5. The first kappa shape index (κ1) is 19.3. The van der Waals surface area contributed by atoms with E-state index in [-0.39, 0.29) is 23.5 Å². The fourth-order valence-electron chi connectivity index (χ4n) is 3.29. The van der Waals surface area contributed by atoms with Gasteiger partial charge in [0.25, 0.3) is 5.69 Å². The normalized spacial score (nSPS) is 16.3. The van der Waals surface area contributed by atoms with Crippen LogP contribution in [0.25, 0.3) is 0 Å². The van der Waals surface area contributed by atoms with Crippen molar-refractivity contribution in [2.24, 2.45) is 5.92 Å². The van der Waals surface area contributed by atoms with Crippen LogP contribution in [0.15, 0.2) is 48.5 Å². The van der Waals surface area contributed by atoms with Gasteiger partial charge in [-0.3, -0.25) is 14.9 Å². The Kier molecular flexibility index (Phi) is 5.88. The lowest BCUT2D eigenvalue weighted by Gasteiger charge is -2.32. The van der Waals surface area contributed by atoms with E-state index in [1.165, 1.54) is 6.07 Å². The molecule has 146 valence electrons. The molecule has 0 saturated carbocycles. The zero-order valence-corrected chi connectivity index (χ0v) is 15.6. The number of nitrogens with zero attached hydrogens (tertiary/aromatic N) is 2. The minimum Gasteiger partial charge on any atom is -0.325 e. The van der Waals surface area contributed by atoms with E-state index in [1.807, 2.05) is 18.2 Å². The Morgan fingerprint density at radius 2 is 1.86 bits per heavy atom. The highest BCUT2D eigenvalue weighted by molar-refractivity contribution is 5.95. The summed E-state index contributed by atoms with van der Waals surface area (Å²) in [6.45, 7) is 2.49. The van der Waals surface area contributed by atoms with Crippen LogP contribution in [-0.4, -0.2) is 34.9 Å². The molecule has 0 spiro atoms. The summed E-state index contributed by atoms with van der Waals surface area (Å²) in [6.07, 6.45) is 1.38. The van der Waals surface area contributed by atoms with Crippen LogP contribution in [0.3, 0.4) is 0 Å². The Labute approximate surface area is 162 Å². The number of nitro groups is 1. The molecule has 0 aromatic heterocycles. The Morgan fingerprint density at radius 3 is 2.57 bits per heavy atom. The van der Waals surface area contributed by atoms with Gasteiger partial charge in [-0.1, -0.05) is 24.3 Å². The zero-order chi connectivity index (χ0) is 20.1. The molecule has 2 aromatic rings. The first-order valence-corrected chi connectivity index (χ1v) is 9.11. The van der Waals surface area contributed by atoms with Crippen LogP contribution in [-0.2, 0) is 4.79 Å². The summed E-state index contributed by atoms with van der Waals surface area (Å²) in [5.41, 5.74) is 1.50. The molecule has 0 radical (unpaired) electrons. The summed E-state index contributed by atoms with van der Waals surface area (Å²) in [5, 5.41) is 16.7. The average molecular weight is 382 g/mol. The number of piperidine rings is 1. The minimum atomic E-state index is -0.471. The lowest BCUT2D eigenvalue weighted by atomic mass is 9.97. The number of hydrogen-bond acceptors (Lipinski definition) is 4. The topological polar surface area (TPSA) is 105 Å². The van der Waals surface area contributed by atoms with Crippen molar-refractivity contribution in [1.29, 1.82) is 0 Å². The van der Waals surface area contributed by atoms with Crippen LogP contribution in [0.5, 0.6) is 0 Å². The van der Waals surface area contributed by atoms with Crippen LogP contribution >= 0.6 is 0 Å². The highest BCUT2D eigenvalue weighted by atomic mass is 16.6. The van der Waals surface area contributed by atoms with Crippen LogP contribution in [0.1, 0.15) is 18.4 Å². The first-order valence-electron chi connectivity index (χ1n) is 9.11. The summed E-state index contributed by atoms with van der Waals surface area (Å²) in [7, 11) is 0. The molecule has 1 aliphatic rings. The van der Waals surface area contributed by atoms with Gasteiger partial charge in [0.15, 0.2) is 0 Å². The van der Waals surface area contributed by atoms with Gasteiger partial charge in [-0.15, -0.1) is 0 Å². The number of amides is 3. The van der Waals surface area contributed by atoms with Gasteiger partial charge in [0.2, 0.25) is 5.91 Å². The predicted molar refractivity (Wildman–Crippen MR) is 106 cm³/mol. The Bertz CT molecular complexity index is 885. The summed E-state index contributed by atoms with van der Waals surface area (Å²) < 4.78 is 0. The van der Waals surface area contributed by atoms with Crippen LogP contribution in [0.2, 0.25) is 0 Å². The number of nitro benzene ring substituents is 1. The molecule has 3 amide bonds. The van der Waals surface area contributed by atoms with Crippen molar-refractivity contribution >= 4 is 29.0 Å². The smallest absolute Gasteiger partial charge is 0.321 e. The molecule has 2 N–H and O–H groups in total. The minimum absolute atomic E-state index is 0.0368. The molecule has 1 atom stereocenters. The van der Waals surface area contributed by atoms with Gasteiger partial charge in [0.05, 0.1) is 22.1 Å². The summed E-state index contributed by atoms with van der Waals surface area (Å²) in [5.74, 6) is -0.602. The van der Waals surface area contributed by atoms with Gasteiger partial charge < -0.3 is 15.5 Å². The Hall–Kier alpha value is -3.42. The number of carbonyl (C=O) groups is 2. The molecule has 8 nitrogen and oxygen atoms in total. The fourth-order valence-corrected chi connectivity index (χ4v) is 3.29. The molecule has 1 heterocycles. The van der Waals surface area contributed by atoms with Gasteiger partial charge in [-0.25, -0.2) is 4.79 Å². The van der Waals surface area contributed by atoms with Crippen molar-refractivity contribution in [3.8, 4) is 0 Å². The van der Waals surface area contributed by atoms with E-state index in [4.69, 9.17) is 0 Å². The second-order valence-corrected chi connectivity index (χ2v) is 6.78. The number of rotatable bonds is 4. The molecule has 1 fully saturated rings. The molecular formula is C20H22N4O4. The largest absolute Gasteiger partial charge is 0.325 e. The van der Waals surface area contributed by atoms with Gasteiger partial charge in [-0.05, 0) is 38.0 Å². The van der Waals surface area contributed by atoms with Crippen molar-refractivity contribution in [2.45, 2.75) is 19.8 Å². The van der Waals surface area contributed by atoms with Crippen molar-refractivity contribution in [2.75, 3.05) is 23.7 Å². The number of likely N-dealkylation sites (tertiary alicyclic amines) is 1. The van der Waals surface area contributed by atoms with Gasteiger partial charge >= 0.3 is 6.03 Å². The second-order valence-electron chi connectivity index (χ2n) is 6.78. The number of carbonyl (C=O) groups excluding carboxylic acids is 2. The van der Waals surface area contributed by atoms with Gasteiger partial charge in [0, 0.05) is 24.8 Å². The highest BCUT2D eigenvalue weighted by Gasteiger charge is 2.29. The second kappa shape index (κ2) is 8.51. The van der Waals surface area contributed by atoms with Crippen molar-refractivity contribution in [3.05, 3.63) is 64.2 Å². The number of hydrogen-bond donors (Lipinski definition) is 2. The summed E-state index contributed by atoms with van der Waals surface area (Å²) in [4.78, 5) is 37.4. The molecule has 0 aliphatic carbocycles. The molecular weight excluding hydrogens is 360 g/mol. The quantitative estimate of drug-likeness (QED) is 0.620. The molecule has 2 aromatic carbocycles. The maximum absolute atomic E-state index is 12.7. The molecule has 8 heteroatoms. The van der Waals surface area contributed by atoms with Gasteiger partial charge in [-0.2, -0.15) is 0 Å². The molecule has 3 rings (SSSR count). The SMILES string of the molecule is Cc1c(NC(=O)[C@H]2CCCN(C(=O)Nc3ccccc3)C2)cccc1[N+](=O)[O-]. The molecule has 1 aliphatic heterocycles. The van der Waals surface area contributed by atoms with Gasteiger partial charge in [0.1, 0.15) is 0 Å². The lowest BCUT2D eigenvalue weighted by Crippen LogP contribution is -2.45. The van der Waals surface area contributed by atoms with E-state index in [0.717, 1.165) is 0 Å². The Balaban J connectivity index is 1.64. The third-order valence-electron chi connectivity index (χ3n) is 4.86. The average Bonchev–Trinajstić information content (AvgIpc) is 2.70.